The number of amides is 1. The number of nitrogens with zero attached hydrogens (tertiary/aromatic N) is 2. The molecule has 1 aromatic rings. The van der Waals surface area contributed by atoms with Gasteiger partial charge in [-0.1, -0.05) is 44.2 Å². The van der Waals surface area contributed by atoms with E-state index in [4.69, 9.17) is 5.26 Å². The predicted octanol–water partition coefficient (Wildman–Crippen LogP) is 3.10. The maximum atomic E-state index is 11.3. The second-order valence-corrected chi connectivity index (χ2v) is 4.67. The highest BCUT2D eigenvalue weighted by Crippen LogP contribution is 2.15. The molecule has 0 spiro atoms. The van der Waals surface area contributed by atoms with Crippen molar-refractivity contribution in [3.8, 4) is 6.07 Å². The molecule has 0 bridgehead atoms. The van der Waals surface area contributed by atoms with E-state index in [0.717, 1.165) is 5.56 Å². The standard InChI is InChI=1S/C14H18N2O2/c1-11(2)8-13(9-15)16(14(17)18)10-12-6-4-3-5-7-12/h3-7,11,13H,8,10H2,1-2H3,(H,17,18)/t13-/m1/s1. The fourth-order valence-corrected chi connectivity index (χ4v) is 1.79. The Labute approximate surface area is 107 Å². The van der Waals surface area contributed by atoms with Crippen molar-refractivity contribution in [1.29, 1.82) is 5.26 Å². The summed E-state index contributed by atoms with van der Waals surface area (Å²) in [5.74, 6) is 0.285. The van der Waals surface area contributed by atoms with E-state index in [1.807, 2.05) is 44.2 Å². The minimum atomic E-state index is -1.05. The second-order valence-electron chi connectivity index (χ2n) is 4.67. The predicted molar refractivity (Wildman–Crippen MR) is 68.9 cm³/mol. The normalized spacial score (nSPS) is 11.9. The number of carbonyl (C=O) groups is 1. The molecule has 0 saturated carbocycles. The molecule has 1 amide bonds. The number of hydrogen-bond donors (Lipinski definition) is 1. The lowest BCUT2D eigenvalue weighted by atomic mass is 10.0. The number of carboxylic acid groups (broad SMARTS) is 1. The molecule has 0 unspecified atom stereocenters. The van der Waals surface area contributed by atoms with Gasteiger partial charge < -0.3 is 5.11 Å². The van der Waals surface area contributed by atoms with E-state index in [1.54, 1.807) is 0 Å². The van der Waals surface area contributed by atoms with Gasteiger partial charge in [0.2, 0.25) is 0 Å². The van der Waals surface area contributed by atoms with Crippen molar-refractivity contribution in [2.45, 2.75) is 32.9 Å². The van der Waals surface area contributed by atoms with Crippen LogP contribution in [0.2, 0.25) is 0 Å². The molecule has 0 fully saturated rings. The molecule has 0 aliphatic rings. The first-order valence-corrected chi connectivity index (χ1v) is 5.97. The Morgan fingerprint density at radius 1 is 1.39 bits per heavy atom. The van der Waals surface area contributed by atoms with Gasteiger partial charge in [-0.25, -0.2) is 4.79 Å². The molecule has 4 nitrogen and oxygen atoms in total. The third-order valence-corrected chi connectivity index (χ3v) is 2.66. The zero-order valence-electron chi connectivity index (χ0n) is 10.7. The van der Waals surface area contributed by atoms with Crippen LogP contribution < -0.4 is 0 Å². The van der Waals surface area contributed by atoms with E-state index < -0.39 is 12.1 Å². The molecule has 1 aromatic carbocycles. The molecule has 1 N–H and O–H groups in total. The summed E-state index contributed by atoms with van der Waals surface area (Å²) < 4.78 is 0. The first-order valence-electron chi connectivity index (χ1n) is 5.97. The van der Waals surface area contributed by atoms with Gasteiger partial charge in [0.15, 0.2) is 0 Å². The maximum Gasteiger partial charge on any atom is 0.408 e. The second kappa shape index (κ2) is 6.65. The zero-order chi connectivity index (χ0) is 13.5. The Kier molecular flexibility index (Phi) is 5.19. The average Bonchev–Trinajstić information content (AvgIpc) is 2.34. The lowest BCUT2D eigenvalue weighted by Crippen LogP contribution is -2.38. The highest BCUT2D eigenvalue weighted by Gasteiger charge is 2.23. The lowest BCUT2D eigenvalue weighted by molar-refractivity contribution is 0.126. The van der Waals surface area contributed by atoms with Gasteiger partial charge in [-0.3, -0.25) is 4.90 Å². The Bertz CT molecular complexity index is 423. The molecule has 4 heteroatoms. The fourth-order valence-electron chi connectivity index (χ4n) is 1.79. The monoisotopic (exact) mass is 246 g/mol. The summed E-state index contributed by atoms with van der Waals surface area (Å²) in [4.78, 5) is 12.5. The summed E-state index contributed by atoms with van der Waals surface area (Å²) >= 11 is 0. The molecule has 0 saturated heterocycles. The minimum Gasteiger partial charge on any atom is -0.465 e. The van der Waals surface area contributed by atoms with Gasteiger partial charge in [-0.2, -0.15) is 5.26 Å². The number of benzene rings is 1. The Balaban J connectivity index is 2.82. The Morgan fingerprint density at radius 2 is 2.00 bits per heavy atom. The van der Waals surface area contributed by atoms with Crippen LogP contribution in [0, 0.1) is 17.2 Å². The van der Waals surface area contributed by atoms with Crippen LogP contribution in [0.5, 0.6) is 0 Å². The highest BCUT2D eigenvalue weighted by molar-refractivity contribution is 5.66. The van der Waals surface area contributed by atoms with Crippen LogP contribution in [0.15, 0.2) is 30.3 Å². The van der Waals surface area contributed by atoms with E-state index in [-0.39, 0.29) is 12.5 Å². The van der Waals surface area contributed by atoms with Crippen LogP contribution >= 0.6 is 0 Å². The lowest BCUT2D eigenvalue weighted by Gasteiger charge is -2.25. The summed E-state index contributed by atoms with van der Waals surface area (Å²) in [5, 5.41) is 18.3. The zero-order valence-corrected chi connectivity index (χ0v) is 10.7. The summed E-state index contributed by atoms with van der Waals surface area (Å²) in [7, 11) is 0. The Morgan fingerprint density at radius 3 is 2.44 bits per heavy atom. The summed E-state index contributed by atoms with van der Waals surface area (Å²) in [5.41, 5.74) is 0.893. The van der Waals surface area contributed by atoms with E-state index >= 15 is 0 Å². The first kappa shape index (κ1) is 14.0. The molecule has 1 atom stereocenters. The molecule has 0 heterocycles. The van der Waals surface area contributed by atoms with Gasteiger partial charge in [0.1, 0.15) is 6.04 Å². The van der Waals surface area contributed by atoms with Crippen LogP contribution in [0.3, 0.4) is 0 Å². The van der Waals surface area contributed by atoms with Gasteiger partial charge >= 0.3 is 6.09 Å². The van der Waals surface area contributed by atoms with E-state index in [0.29, 0.717) is 6.42 Å². The molecule has 0 aliphatic carbocycles. The van der Waals surface area contributed by atoms with Gasteiger partial charge in [-0.05, 0) is 17.9 Å². The molecule has 0 radical (unpaired) electrons. The van der Waals surface area contributed by atoms with Gasteiger partial charge in [-0.15, -0.1) is 0 Å². The van der Waals surface area contributed by atoms with Crippen LogP contribution in [0.4, 0.5) is 4.79 Å². The highest BCUT2D eigenvalue weighted by atomic mass is 16.4. The van der Waals surface area contributed by atoms with Gasteiger partial charge in [0.25, 0.3) is 0 Å². The van der Waals surface area contributed by atoms with Crippen molar-refractivity contribution in [2.75, 3.05) is 0 Å². The van der Waals surface area contributed by atoms with E-state index in [1.165, 1.54) is 4.90 Å². The number of nitriles is 1. The molecule has 18 heavy (non-hydrogen) atoms. The fraction of sp³-hybridized carbons (Fsp3) is 0.429. The molecule has 1 rings (SSSR count). The average molecular weight is 246 g/mol. The van der Waals surface area contributed by atoms with Crippen LogP contribution in [-0.2, 0) is 6.54 Å². The first-order chi connectivity index (χ1) is 8.54. The van der Waals surface area contributed by atoms with Crippen molar-refractivity contribution >= 4 is 6.09 Å². The topological polar surface area (TPSA) is 64.3 Å². The van der Waals surface area contributed by atoms with Gasteiger partial charge in [0.05, 0.1) is 12.6 Å². The summed E-state index contributed by atoms with van der Waals surface area (Å²) in [6, 6.07) is 10.8. The van der Waals surface area contributed by atoms with Crippen molar-refractivity contribution in [3.05, 3.63) is 35.9 Å². The SMILES string of the molecule is CC(C)C[C@H](C#N)N(Cc1ccccc1)C(=O)O. The smallest absolute Gasteiger partial charge is 0.408 e. The maximum absolute atomic E-state index is 11.3. The molecule has 0 aromatic heterocycles. The summed E-state index contributed by atoms with van der Waals surface area (Å²) in [6.45, 7) is 4.21. The van der Waals surface area contributed by atoms with Crippen molar-refractivity contribution in [3.63, 3.8) is 0 Å². The number of rotatable bonds is 5. The van der Waals surface area contributed by atoms with Crippen LogP contribution in [-0.4, -0.2) is 22.1 Å². The number of hydrogen-bond acceptors (Lipinski definition) is 2. The summed E-state index contributed by atoms with van der Waals surface area (Å²) in [6.07, 6.45) is -0.499. The van der Waals surface area contributed by atoms with E-state index in [9.17, 15) is 9.90 Å². The third kappa shape index (κ3) is 4.10. The third-order valence-electron chi connectivity index (χ3n) is 2.66. The molecular weight excluding hydrogens is 228 g/mol. The molecular formula is C14H18N2O2. The van der Waals surface area contributed by atoms with Crippen LogP contribution in [0.25, 0.3) is 0 Å². The molecule has 96 valence electrons. The van der Waals surface area contributed by atoms with Crippen molar-refractivity contribution in [2.24, 2.45) is 5.92 Å². The van der Waals surface area contributed by atoms with Crippen molar-refractivity contribution in [1.82, 2.24) is 4.90 Å². The Hall–Kier alpha value is -2.02. The van der Waals surface area contributed by atoms with Gasteiger partial charge in [0, 0.05) is 0 Å². The molecule has 0 aliphatic heterocycles. The van der Waals surface area contributed by atoms with Crippen LogP contribution in [0.1, 0.15) is 25.8 Å². The van der Waals surface area contributed by atoms with E-state index in [2.05, 4.69) is 6.07 Å². The minimum absolute atomic E-state index is 0.251. The quantitative estimate of drug-likeness (QED) is 0.868. The largest absolute Gasteiger partial charge is 0.465 e. The van der Waals surface area contributed by atoms with Crippen molar-refractivity contribution < 1.29 is 9.90 Å².